The number of hydrogen-bond acceptors (Lipinski definition) is 7. The third kappa shape index (κ3) is 8.01. The second-order valence-electron chi connectivity index (χ2n) is 8.00. The van der Waals surface area contributed by atoms with Crippen LogP contribution >= 0.6 is 11.3 Å². The molecule has 3 fully saturated rings. The van der Waals surface area contributed by atoms with Gasteiger partial charge in [-0.2, -0.15) is 30.6 Å². The second kappa shape index (κ2) is 11.0. The zero-order valence-electron chi connectivity index (χ0n) is 18.2. The summed E-state index contributed by atoms with van der Waals surface area (Å²) < 4.78 is 90.3. The molecule has 2 atom stereocenters. The van der Waals surface area contributed by atoms with Crippen LogP contribution in [0, 0.1) is 6.92 Å². The molecule has 4 rings (SSSR count). The van der Waals surface area contributed by atoms with E-state index in [4.69, 9.17) is 19.8 Å². The zero-order valence-corrected chi connectivity index (χ0v) is 19.8. The summed E-state index contributed by atoms with van der Waals surface area (Å²) in [6, 6.07) is 0.593. The van der Waals surface area contributed by atoms with Crippen LogP contribution in [0.2, 0.25) is 0 Å². The van der Waals surface area contributed by atoms with E-state index in [1.165, 1.54) is 0 Å². The van der Waals surface area contributed by atoms with Crippen LogP contribution in [0.5, 0.6) is 0 Å². The quantitative estimate of drug-likeness (QED) is 0.543. The van der Waals surface area contributed by atoms with E-state index >= 15 is 0 Å². The van der Waals surface area contributed by atoms with Crippen molar-refractivity contribution in [2.24, 2.45) is 0 Å². The second-order valence-corrected chi connectivity index (χ2v) is 11.2. The van der Waals surface area contributed by atoms with Gasteiger partial charge in [0.1, 0.15) is 0 Å². The van der Waals surface area contributed by atoms with Crippen LogP contribution in [-0.2, 0) is 26.2 Å². The van der Waals surface area contributed by atoms with Gasteiger partial charge in [0, 0.05) is 37.1 Å². The first-order valence-corrected chi connectivity index (χ1v) is 12.6. The molecule has 1 saturated carbocycles. The number of hydrogen-bond donors (Lipinski definition) is 2. The van der Waals surface area contributed by atoms with Crippen LogP contribution in [0.25, 0.3) is 0 Å². The average Bonchev–Trinajstić information content (AvgIpc) is 3.20. The molecule has 0 unspecified atom stereocenters. The number of carbonyl (C=O) groups is 2. The topological polar surface area (TPSA) is 128 Å². The largest absolute Gasteiger partial charge is 0.490 e. The summed E-state index contributed by atoms with van der Waals surface area (Å²) in [6.07, 6.45) is -6.50. The third-order valence-corrected chi connectivity index (χ3v) is 8.67. The summed E-state index contributed by atoms with van der Waals surface area (Å²) in [5.41, 5.74) is 1.13. The van der Waals surface area contributed by atoms with Crippen LogP contribution < -0.4 is 0 Å². The number of aromatic nitrogens is 1. The van der Waals surface area contributed by atoms with Gasteiger partial charge in [-0.15, -0.1) is 11.3 Å². The minimum absolute atomic E-state index is 0.0773. The number of sulfonamides is 1. The minimum Gasteiger partial charge on any atom is -0.475 e. The first kappa shape index (κ1) is 29.3. The van der Waals surface area contributed by atoms with Gasteiger partial charge in [-0.25, -0.2) is 23.0 Å². The van der Waals surface area contributed by atoms with Gasteiger partial charge in [0.2, 0.25) is 10.0 Å². The molecule has 1 aromatic heterocycles. The van der Waals surface area contributed by atoms with Crippen LogP contribution in [0.4, 0.5) is 26.3 Å². The molecule has 3 aliphatic rings. The van der Waals surface area contributed by atoms with Gasteiger partial charge >= 0.3 is 24.3 Å². The van der Waals surface area contributed by atoms with Crippen molar-refractivity contribution in [1.29, 1.82) is 0 Å². The highest BCUT2D eigenvalue weighted by Crippen LogP contribution is 2.39. The fourth-order valence-electron chi connectivity index (χ4n) is 3.79. The highest BCUT2D eigenvalue weighted by atomic mass is 32.2. The number of aliphatic carboxylic acids is 2. The molecule has 2 N–H and O–H groups in total. The molecular formula is C18H23F6N3O6S2. The molecule has 0 amide bonds. The molecule has 0 aromatic carbocycles. The van der Waals surface area contributed by atoms with Gasteiger partial charge in [-0.3, -0.25) is 4.90 Å². The molecule has 0 spiro atoms. The molecule has 9 nitrogen and oxygen atoms in total. The van der Waals surface area contributed by atoms with Gasteiger partial charge in [0.15, 0.2) is 0 Å². The SMILES string of the molecule is Cc1nc(CN2CC[C@H]3[C@H]2CCN3S(=O)(=O)C2CC2)cs1.O=C(O)C(F)(F)F.O=C(O)C(F)(F)F. The predicted octanol–water partition coefficient (Wildman–Crippen LogP) is 2.86. The normalized spacial score (nSPS) is 23.1. The molecule has 2 saturated heterocycles. The molecule has 3 heterocycles. The molecule has 35 heavy (non-hydrogen) atoms. The number of fused-ring (bicyclic) bond motifs is 1. The number of likely N-dealkylation sites (tertiary alicyclic amines) is 1. The predicted molar refractivity (Wildman–Crippen MR) is 110 cm³/mol. The smallest absolute Gasteiger partial charge is 0.475 e. The van der Waals surface area contributed by atoms with E-state index in [1.54, 1.807) is 11.3 Å². The Balaban J connectivity index is 0.000000257. The number of alkyl halides is 6. The number of aryl methyl sites for hydroxylation is 1. The molecule has 0 bridgehead atoms. The van der Waals surface area contributed by atoms with Crippen molar-refractivity contribution >= 4 is 33.3 Å². The highest BCUT2D eigenvalue weighted by Gasteiger charge is 2.51. The maximum Gasteiger partial charge on any atom is 0.490 e. The summed E-state index contributed by atoms with van der Waals surface area (Å²) in [6.45, 7) is 4.59. The van der Waals surface area contributed by atoms with Gasteiger partial charge in [-0.05, 0) is 32.6 Å². The fraction of sp³-hybridized carbons (Fsp3) is 0.722. The van der Waals surface area contributed by atoms with Crippen molar-refractivity contribution in [3.8, 4) is 0 Å². The number of carboxylic acid groups (broad SMARTS) is 2. The molecule has 1 aliphatic carbocycles. The Morgan fingerprint density at radius 1 is 1.00 bits per heavy atom. The maximum atomic E-state index is 12.5. The number of thiazole rings is 1. The van der Waals surface area contributed by atoms with Crippen molar-refractivity contribution in [2.75, 3.05) is 13.1 Å². The summed E-state index contributed by atoms with van der Waals surface area (Å²) in [4.78, 5) is 24.8. The standard InChI is InChI=1S/C14H21N3O2S2.2C2HF3O2/c1-10-15-11(9-20-10)8-16-6-4-14-13(16)5-7-17(14)21(18,19)12-2-3-12;2*3-2(4,5)1(6)7/h9,12-14H,2-8H2,1H3;2*(H,6,7)/t13-,14+;;/m1../s1. The minimum atomic E-state index is -5.08. The van der Waals surface area contributed by atoms with Gasteiger partial charge in [0.05, 0.1) is 16.0 Å². The van der Waals surface area contributed by atoms with Crippen LogP contribution in [0.15, 0.2) is 5.38 Å². The lowest BCUT2D eigenvalue weighted by Crippen LogP contribution is -2.41. The Labute approximate surface area is 200 Å². The molecular weight excluding hydrogens is 532 g/mol. The summed E-state index contributed by atoms with van der Waals surface area (Å²) >= 11 is 1.69. The van der Waals surface area contributed by atoms with Crippen LogP contribution in [0.1, 0.15) is 36.4 Å². The molecule has 200 valence electrons. The maximum absolute atomic E-state index is 12.5. The molecule has 2 aliphatic heterocycles. The number of halogens is 6. The van der Waals surface area contributed by atoms with Crippen molar-refractivity contribution in [1.82, 2.24) is 14.2 Å². The molecule has 1 aromatic rings. The van der Waals surface area contributed by atoms with Crippen LogP contribution in [-0.4, -0.2) is 87.5 Å². The van der Waals surface area contributed by atoms with Crippen molar-refractivity contribution in [2.45, 2.75) is 68.8 Å². The van der Waals surface area contributed by atoms with Crippen molar-refractivity contribution in [3.63, 3.8) is 0 Å². The monoisotopic (exact) mass is 555 g/mol. The highest BCUT2D eigenvalue weighted by molar-refractivity contribution is 7.90. The number of nitrogens with zero attached hydrogens (tertiary/aromatic N) is 3. The summed E-state index contributed by atoms with van der Waals surface area (Å²) in [5.74, 6) is -5.51. The lowest BCUT2D eigenvalue weighted by Gasteiger charge is -2.24. The van der Waals surface area contributed by atoms with E-state index in [1.807, 2.05) is 11.2 Å². The number of carboxylic acids is 2. The van der Waals surface area contributed by atoms with Crippen LogP contribution in [0.3, 0.4) is 0 Å². The zero-order chi connectivity index (χ0) is 26.8. The Kier molecular flexibility index (Phi) is 9.16. The molecule has 17 heteroatoms. The molecule has 0 radical (unpaired) electrons. The lowest BCUT2D eigenvalue weighted by atomic mass is 10.1. The summed E-state index contributed by atoms with van der Waals surface area (Å²) in [7, 11) is -3.02. The number of rotatable bonds is 4. The van der Waals surface area contributed by atoms with E-state index in [0.29, 0.717) is 12.6 Å². The Morgan fingerprint density at radius 2 is 1.49 bits per heavy atom. The third-order valence-electron chi connectivity index (χ3n) is 5.43. The van der Waals surface area contributed by atoms with E-state index in [-0.39, 0.29) is 11.3 Å². The first-order valence-electron chi connectivity index (χ1n) is 10.2. The van der Waals surface area contributed by atoms with Crippen molar-refractivity contribution in [3.05, 3.63) is 16.1 Å². The van der Waals surface area contributed by atoms with E-state index in [0.717, 1.165) is 49.5 Å². The summed E-state index contributed by atoms with van der Waals surface area (Å²) in [5, 5.41) is 17.4. The van der Waals surface area contributed by atoms with Gasteiger partial charge in [0.25, 0.3) is 0 Å². The lowest BCUT2D eigenvalue weighted by molar-refractivity contribution is -0.193. The Hall–Kier alpha value is -1.98. The fourth-order valence-corrected chi connectivity index (χ4v) is 6.50. The Morgan fingerprint density at radius 3 is 1.89 bits per heavy atom. The van der Waals surface area contributed by atoms with Gasteiger partial charge in [-0.1, -0.05) is 0 Å². The van der Waals surface area contributed by atoms with Crippen molar-refractivity contribution < 1.29 is 54.6 Å². The van der Waals surface area contributed by atoms with E-state index in [2.05, 4.69) is 15.3 Å². The Bertz CT molecular complexity index is 985. The van der Waals surface area contributed by atoms with E-state index in [9.17, 15) is 34.8 Å². The van der Waals surface area contributed by atoms with E-state index < -0.39 is 34.3 Å². The first-order chi connectivity index (χ1) is 15.9. The average molecular weight is 556 g/mol. The van der Waals surface area contributed by atoms with Gasteiger partial charge < -0.3 is 10.2 Å².